The van der Waals surface area contributed by atoms with Gasteiger partial charge >= 0.3 is 11.9 Å². The quantitative estimate of drug-likeness (QED) is 0.0273. The number of hydrogen-bond donors (Lipinski definition) is 0. The van der Waals surface area contributed by atoms with Crippen molar-refractivity contribution in [3.63, 3.8) is 0 Å². The van der Waals surface area contributed by atoms with Gasteiger partial charge < -0.3 is 27.9 Å². The molecule has 0 aliphatic heterocycles. The predicted molar refractivity (Wildman–Crippen MR) is 250 cm³/mol. The molecule has 0 spiro atoms. The molecule has 364 valence electrons. The molecule has 0 N–H and O–H groups in total. The van der Waals surface area contributed by atoms with Gasteiger partial charge in [0, 0.05) is 29.7 Å². The number of phosphoric acid groups is 1. The lowest BCUT2D eigenvalue weighted by molar-refractivity contribution is -0.904. The number of carbonyl (C=O) groups excluding carboxylic acids is 2. The van der Waals surface area contributed by atoms with E-state index in [9.17, 15) is 28.6 Å². The van der Waals surface area contributed by atoms with Crippen molar-refractivity contribution in [1.29, 1.82) is 0 Å². The number of quaternary nitrogens is 1. The van der Waals surface area contributed by atoms with E-state index in [1.54, 1.807) is 25.3 Å². The largest absolute Gasteiger partial charge is 0.756 e. The first-order chi connectivity index (χ1) is 30.1. The van der Waals surface area contributed by atoms with E-state index in [1.165, 1.54) is 116 Å². The van der Waals surface area contributed by atoms with Crippen LogP contribution in [0.15, 0.2) is 9.59 Å². The van der Waals surface area contributed by atoms with Crippen molar-refractivity contribution in [3.8, 4) is 0 Å². The van der Waals surface area contributed by atoms with Crippen molar-refractivity contribution in [2.45, 2.75) is 227 Å². The highest BCUT2D eigenvalue weighted by Gasteiger charge is 2.27. The van der Waals surface area contributed by atoms with Crippen LogP contribution < -0.4 is 16.0 Å². The van der Waals surface area contributed by atoms with Gasteiger partial charge in [0.1, 0.15) is 32.0 Å². The summed E-state index contributed by atoms with van der Waals surface area (Å²) in [4.78, 5) is 64.0. The minimum Gasteiger partial charge on any atom is -0.756 e. The third-order valence-electron chi connectivity index (χ3n) is 12.4. The SMILES string of the molecule is CCCCCCCCCCCCCCCC(=O)OC[C@H](COP(=O)([O-])OCC[N+](C)(C)Cc1c(C)c(=O)n2c(=O)c(C)c(C)n12)OC(=O)CCCCCCCCCCCCCCC. The van der Waals surface area contributed by atoms with Crippen molar-refractivity contribution in [2.24, 2.45) is 0 Å². The maximum atomic E-state index is 12.9. The molecular weight excluding hydrogens is 822 g/mol. The van der Waals surface area contributed by atoms with E-state index < -0.39 is 32.5 Å². The highest BCUT2D eigenvalue weighted by atomic mass is 31.2. The number of esters is 2. The van der Waals surface area contributed by atoms with Crippen molar-refractivity contribution < 1.29 is 42.1 Å². The lowest BCUT2D eigenvalue weighted by Crippen LogP contribution is -2.42. The van der Waals surface area contributed by atoms with Crippen molar-refractivity contribution in [3.05, 3.63) is 43.2 Å². The normalized spacial score (nSPS) is 13.5. The zero-order valence-electron chi connectivity index (χ0n) is 40.8. The van der Waals surface area contributed by atoms with Gasteiger partial charge in [0.2, 0.25) is 0 Å². The van der Waals surface area contributed by atoms with E-state index >= 15 is 0 Å². The lowest BCUT2D eigenvalue weighted by atomic mass is 10.0. The maximum absolute atomic E-state index is 12.9. The van der Waals surface area contributed by atoms with Gasteiger partial charge in [-0.2, -0.15) is 4.52 Å². The molecular formula is C49H88N3O10P. The first-order valence-electron chi connectivity index (χ1n) is 25.0. The molecule has 2 atom stereocenters. The number of aromatic nitrogens is 2. The Morgan fingerprint density at radius 1 is 0.587 bits per heavy atom. The summed E-state index contributed by atoms with van der Waals surface area (Å²) in [5, 5.41) is 0. The van der Waals surface area contributed by atoms with Gasteiger partial charge in [-0.05, 0) is 33.6 Å². The van der Waals surface area contributed by atoms with Gasteiger partial charge in [-0.1, -0.05) is 168 Å². The molecule has 13 nitrogen and oxygen atoms in total. The molecule has 0 aromatic carbocycles. The Labute approximate surface area is 380 Å². The molecule has 0 aliphatic carbocycles. The molecule has 0 radical (unpaired) electrons. The maximum Gasteiger partial charge on any atom is 0.306 e. The van der Waals surface area contributed by atoms with Gasteiger partial charge in [-0.3, -0.25) is 23.7 Å². The van der Waals surface area contributed by atoms with Crippen LogP contribution in [0.1, 0.15) is 216 Å². The summed E-state index contributed by atoms with van der Waals surface area (Å²) < 4.78 is 37.5. The monoisotopic (exact) mass is 910 g/mol. The van der Waals surface area contributed by atoms with Gasteiger partial charge in [0.05, 0.1) is 20.7 Å². The Morgan fingerprint density at radius 2 is 1.00 bits per heavy atom. The topological polar surface area (TPSA) is 154 Å². The van der Waals surface area contributed by atoms with Gasteiger partial charge in [0.15, 0.2) is 6.10 Å². The van der Waals surface area contributed by atoms with Crippen LogP contribution in [0.2, 0.25) is 0 Å². The third kappa shape index (κ3) is 23.4. The molecule has 2 rings (SSSR count). The number of fused-ring (bicyclic) bond motifs is 1. The molecule has 2 aromatic rings. The number of rotatable bonds is 40. The fraction of sp³-hybridized carbons (Fsp3) is 0.837. The second kappa shape index (κ2) is 32.2. The van der Waals surface area contributed by atoms with Crippen LogP contribution in [0.25, 0.3) is 0 Å². The molecule has 0 fully saturated rings. The first kappa shape index (κ1) is 56.6. The smallest absolute Gasteiger partial charge is 0.306 e. The summed E-state index contributed by atoms with van der Waals surface area (Å²) in [6.07, 6.45) is 30.3. The van der Waals surface area contributed by atoms with Crippen molar-refractivity contribution in [1.82, 2.24) is 9.03 Å². The standard InChI is InChI=1S/C49H88N3O10P/c1-8-10-12-14-16-18-20-22-24-26-28-30-32-34-46(53)59-39-44(62-47(54)35-33-31-29-27-25-23-21-19-17-15-13-11-9-2)40-61-63(57,58)60-37-36-52(6,7)38-45-42(4)49(56)51-48(55)41(3)43(5)50(45)51/h44H,8-40H2,1-7H3/t44-/m1/s1. The second-order valence-corrected chi connectivity index (χ2v) is 20.1. The molecule has 0 saturated heterocycles. The number of carbonyl (C=O) groups is 2. The summed E-state index contributed by atoms with van der Waals surface area (Å²) in [5.74, 6) is -0.915. The number of aryl methyl sites for hydroxylation is 1. The van der Waals surface area contributed by atoms with E-state index in [0.29, 0.717) is 41.9 Å². The van der Waals surface area contributed by atoms with Crippen LogP contribution in [0, 0.1) is 20.8 Å². The minimum atomic E-state index is -4.85. The summed E-state index contributed by atoms with van der Waals surface area (Å²) in [6, 6.07) is 0. The van der Waals surface area contributed by atoms with Crippen LogP contribution in [0.5, 0.6) is 0 Å². The van der Waals surface area contributed by atoms with Crippen molar-refractivity contribution in [2.75, 3.05) is 40.5 Å². The lowest BCUT2D eigenvalue weighted by Gasteiger charge is -2.31. The van der Waals surface area contributed by atoms with Gasteiger partial charge in [-0.25, -0.2) is 4.52 Å². The molecule has 63 heavy (non-hydrogen) atoms. The molecule has 2 heterocycles. The van der Waals surface area contributed by atoms with Crippen LogP contribution >= 0.6 is 7.82 Å². The van der Waals surface area contributed by atoms with Crippen LogP contribution in [0.4, 0.5) is 0 Å². The summed E-state index contributed by atoms with van der Waals surface area (Å²) >= 11 is 0. The van der Waals surface area contributed by atoms with Crippen LogP contribution in [0.3, 0.4) is 0 Å². The van der Waals surface area contributed by atoms with E-state index in [2.05, 4.69) is 13.8 Å². The Bertz CT molecular complexity index is 1720. The Morgan fingerprint density at radius 3 is 1.46 bits per heavy atom. The van der Waals surface area contributed by atoms with E-state index in [-0.39, 0.29) is 48.2 Å². The fourth-order valence-corrected chi connectivity index (χ4v) is 8.86. The Balaban J connectivity index is 1.81. The van der Waals surface area contributed by atoms with Crippen LogP contribution in [-0.2, 0) is 39.2 Å². The van der Waals surface area contributed by atoms with E-state index in [0.717, 1.165) is 43.0 Å². The number of likely N-dealkylation sites (N-methyl/N-ethyl adjacent to an activating group) is 1. The molecule has 0 saturated carbocycles. The molecule has 1 unspecified atom stereocenters. The van der Waals surface area contributed by atoms with E-state index in [1.807, 2.05) is 14.1 Å². The molecule has 0 aliphatic rings. The van der Waals surface area contributed by atoms with Crippen molar-refractivity contribution >= 4 is 19.8 Å². The Kier molecular flexibility index (Phi) is 28.9. The minimum absolute atomic E-state index is 0.180. The van der Waals surface area contributed by atoms with Gasteiger partial charge in [0.25, 0.3) is 18.9 Å². The zero-order valence-corrected chi connectivity index (χ0v) is 41.7. The molecule has 0 amide bonds. The van der Waals surface area contributed by atoms with Gasteiger partial charge in [-0.15, -0.1) is 0 Å². The molecule has 14 heteroatoms. The fourth-order valence-electron chi connectivity index (χ4n) is 8.14. The summed E-state index contributed by atoms with van der Waals surface area (Å²) in [6.45, 7) is 9.13. The average molecular weight is 910 g/mol. The predicted octanol–water partition coefficient (Wildman–Crippen LogP) is 10.6. The average Bonchev–Trinajstić information content (AvgIpc) is 3.61. The third-order valence-corrected chi connectivity index (χ3v) is 13.4. The highest BCUT2D eigenvalue weighted by molar-refractivity contribution is 7.45. The number of ether oxygens (including phenoxy) is 2. The number of unbranched alkanes of at least 4 members (excludes halogenated alkanes) is 24. The van der Waals surface area contributed by atoms with E-state index in [4.69, 9.17) is 18.5 Å². The number of nitrogens with zero attached hydrogens (tertiary/aromatic N) is 3. The zero-order chi connectivity index (χ0) is 46.5. The number of hydrogen-bond acceptors (Lipinski definition) is 10. The highest BCUT2D eigenvalue weighted by Crippen LogP contribution is 2.38. The van der Waals surface area contributed by atoms with Crippen LogP contribution in [-0.4, -0.2) is 72.0 Å². The molecule has 2 aromatic heterocycles. The first-order valence-corrected chi connectivity index (χ1v) is 26.4. The second-order valence-electron chi connectivity index (χ2n) is 18.7. The summed E-state index contributed by atoms with van der Waals surface area (Å²) in [5.41, 5.74) is 1.59. The Hall–Kier alpha value is -2.57. The molecule has 0 bridgehead atoms. The number of phosphoric ester groups is 1. The summed E-state index contributed by atoms with van der Waals surface area (Å²) in [7, 11) is -1.11.